The van der Waals surface area contributed by atoms with Crippen LogP contribution in [-0.4, -0.2) is 37.1 Å². The molecule has 1 saturated heterocycles. The minimum absolute atomic E-state index is 0.0139. The molecule has 0 atom stereocenters. The molecule has 1 fully saturated rings. The Morgan fingerprint density at radius 1 is 1.20 bits per heavy atom. The number of ether oxygens (including phenoxy) is 1. The maximum Gasteiger partial charge on any atom is 0.264 e. The second kappa shape index (κ2) is 7.75. The molecule has 3 rings (SSSR count). The van der Waals surface area contributed by atoms with E-state index < -0.39 is 0 Å². The van der Waals surface area contributed by atoms with Crippen molar-refractivity contribution in [3.8, 4) is 17.4 Å². The average Bonchev–Trinajstić information content (AvgIpc) is 3.10. The maximum atomic E-state index is 12.4. The van der Waals surface area contributed by atoms with Crippen molar-refractivity contribution in [1.82, 2.24) is 4.90 Å². The fourth-order valence-electron chi connectivity index (χ4n) is 2.48. The molecule has 0 unspecified atom stereocenters. The Kier molecular flexibility index (Phi) is 5.44. The lowest BCUT2D eigenvalue weighted by molar-refractivity contribution is -0.130. The van der Waals surface area contributed by atoms with Crippen LogP contribution in [0.4, 0.5) is 0 Å². The van der Waals surface area contributed by atoms with Crippen LogP contribution < -0.4 is 0 Å². The Labute approximate surface area is 155 Å². The van der Waals surface area contributed by atoms with Crippen molar-refractivity contribution in [2.24, 2.45) is 0 Å². The number of rotatable bonds is 3. The molecule has 2 heterocycles. The smallest absolute Gasteiger partial charge is 0.264 e. The van der Waals surface area contributed by atoms with Crippen LogP contribution in [0.15, 0.2) is 40.3 Å². The number of carbonyl (C=O) groups excluding carboxylic acids is 1. The molecule has 7 heteroatoms. The predicted octanol–water partition coefficient (Wildman–Crippen LogP) is 4.02. The highest BCUT2D eigenvalue weighted by Gasteiger charge is 2.21. The number of hydrogen-bond acceptors (Lipinski definition) is 4. The topological polar surface area (TPSA) is 66.5 Å². The molecule has 1 aromatic heterocycles. The van der Waals surface area contributed by atoms with E-state index >= 15 is 0 Å². The minimum Gasteiger partial charge on any atom is -0.457 e. The third kappa shape index (κ3) is 4.05. The molecular formula is C18H14Cl2N2O3. The molecule has 0 aliphatic carbocycles. The number of nitriles is 1. The number of amides is 1. The van der Waals surface area contributed by atoms with Gasteiger partial charge in [-0.25, -0.2) is 0 Å². The Hall–Kier alpha value is -2.26. The molecule has 0 saturated carbocycles. The summed E-state index contributed by atoms with van der Waals surface area (Å²) in [6.45, 7) is 1.89. The quantitative estimate of drug-likeness (QED) is 0.599. The van der Waals surface area contributed by atoms with Gasteiger partial charge in [-0.3, -0.25) is 4.79 Å². The summed E-state index contributed by atoms with van der Waals surface area (Å²) in [7, 11) is 0. The van der Waals surface area contributed by atoms with Gasteiger partial charge in [-0.15, -0.1) is 0 Å². The van der Waals surface area contributed by atoms with E-state index in [-0.39, 0.29) is 11.5 Å². The lowest BCUT2D eigenvalue weighted by Crippen LogP contribution is -2.41. The highest BCUT2D eigenvalue weighted by atomic mass is 35.5. The summed E-state index contributed by atoms with van der Waals surface area (Å²) in [4.78, 5) is 14.0. The SMILES string of the molecule is N#C/C(=C/c1ccc(-c2cc(Cl)ccc2Cl)o1)C(=O)N1CCOCC1. The Bertz CT molecular complexity index is 861. The van der Waals surface area contributed by atoms with Crippen molar-refractivity contribution < 1.29 is 13.9 Å². The lowest BCUT2D eigenvalue weighted by atomic mass is 10.2. The number of furan rings is 1. The average molecular weight is 377 g/mol. The number of morpholine rings is 1. The number of benzene rings is 1. The standard InChI is InChI=1S/C18H14Cl2N2O3/c19-13-1-3-16(20)15(10-13)17-4-2-14(25-17)9-12(11-21)18(23)22-5-7-24-8-6-22/h1-4,9-10H,5-8H2/b12-9-. The van der Waals surface area contributed by atoms with Crippen molar-refractivity contribution >= 4 is 35.2 Å². The number of nitrogens with zero attached hydrogens (tertiary/aromatic N) is 2. The monoisotopic (exact) mass is 376 g/mol. The van der Waals surface area contributed by atoms with E-state index in [0.29, 0.717) is 53.4 Å². The van der Waals surface area contributed by atoms with E-state index in [4.69, 9.17) is 32.4 Å². The van der Waals surface area contributed by atoms with Crippen molar-refractivity contribution in [1.29, 1.82) is 5.26 Å². The Balaban J connectivity index is 1.85. The molecule has 2 aromatic rings. The van der Waals surface area contributed by atoms with Gasteiger partial charge >= 0.3 is 0 Å². The molecule has 1 aromatic carbocycles. The second-order valence-corrected chi connectivity index (χ2v) is 6.24. The largest absolute Gasteiger partial charge is 0.457 e. The predicted molar refractivity (Wildman–Crippen MR) is 95.2 cm³/mol. The third-order valence-corrected chi connectivity index (χ3v) is 4.32. The van der Waals surface area contributed by atoms with Gasteiger partial charge in [0.15, 0.2) is 0 Å². The van der Waals surface area contributed by atoms with Crippen LogP contribution in [-0.2, 0) is 9.53 Å². The van der Waals surface area contributed by atoms with Crippen LogP contribution in [0.3, 0.4) is 0 Å². The first kappa shape index (κ1) is 17.6. The van der Waals surface area contributed by atoms with E-state index in [9.17, 15) is 10.1 Å². The summed E-state index contributed by atoms with van der Waals surface area (Å²) in [6.07, 6.45) is 1.43. The van der Waals surface area contributed by atoms with Gasteiger partial charge in [0.25, 0.3) is 5.91 Å². The summed E-state index contributed by atoms with van der Waals surface area (Å²) in [5.74, 6) is 0.573. The lowest BCUT2D eigenvalue weighted by Gasteiger charge is -2.26. The number of halogens is 2. The third-order valence-electron chi connectivity index (χ3n) is 3.76. The molecule has 0 radical (unpaired) electrons. The van der Waals surface area contributed by atoms with E-state index in [2.05, 4.69) is 0 Å². The molecule has 128 valence electrons. The second-order valence-electron chi connectivity index (χ2n) is 5.40. The molecule has 0 spiro atoms. The Morgan fingerprint density at radius 3 is 2.68 bits per heavy atom. The van der Waals surface area contributed by atoms with Gasteiger partial charge in [-0.05, 0) is 30.3 Å². The van der Waals surface area contributed by atoms with Gasteiger partial charge < -0.3 is 14.1 Å². The van der Waals surface area contributed by atoms with E-state index in [0.717, 1.165) is 0 Å². The zero-order valence-electron chi connectivity index (χ0n) is 13.2. The Morgan fingerprint density at radius 2 is 1.96 bits per heavy atom. The summed E-state index contributed by atoms with van der Waals surface area (Å²) in [6, 6.07) is 10.4. The zero-order valence-corrected chi connectivity index (χ0v) is 14.7. The first-order valence-corrected chi connectivity index (χ1v) is 8.38. The van der Waals surface area contributed by atoms with Crippen molar-refractivity contribution in [2.45, 2.75) is 0 Å². The summed E-state index contributed by atoms with van der Waals surface area (Å²) in [5.41, 5.74) is 0.659. The molecule has 1 aliphatic rings. The molecule has 1 aliphatic heterocycles. The molecule has 1 amide bonds. The highest BCUT2D eigenvalue weighted by Crippen LogP contribution is 2.32. The number of hydrogen-bond donors (Lipinski definition) is 0. The summed E-state index contributed by atoms with van der Waals surface area (Å²) in [5, 5.41) is 10.4. The minimum atomic E-state index is -0.329. The summed E-state index contributed by atoms with van der Waals surface area (Å²) >= 11 is 12.2. The van der Waals surface area contributed by atoms with Crippen LogP contribution >= 0.6 is 23.2 Å². The molecule has 0 N–H and O–H groups in total. The molecular weight excluding hydrogens is 363 g/mol. The van der Waals surface area contributed by atoms with Crippen LogP contribution in [0, 0.1) is 11.3 Å². The first-order valence-electron chi connectivity index (χ1n) is 7.62. The molecule has 5 nitrogen and oxygen atoms in total. The van der Waals surface area contributed by atoms with Crippen LogP contribution in [0.25, 0.3) is 17.4 Å². The van der Waals surface area contributed by atoms with E-state index in [1.807, 2.05) is 6.07 Å². The normalized spacial score (nSPS) is 15.1. The fourth-order valence-corrected chi connectivity index (χ4v) is 2.87. The van der Waals surface area contributed by atoms with Crippen LogP contribution in [0.1, 0.15) is 5.76 Å². The molecule has 0 bridgehead atoms. The van der Waals surface area contributed by atoms with Gasteiger partial charge in [0.05, 0.1) is 18.2 Å². The van der Waals surface area contributed by atoms with Crippen LogP contribution in [0.5, 0.6) is 0 Å². The number of carbonyl (C=O) groups is 1. The van der Waals surface area contributed by atoms with E-state index in [1.54, 1.807) is 35.2 Å². The fraction of sp³-hybridized carbons (Fsp3) is 0.222. The van der Waals surface area contributed by atoms with Crippen molar-refractivity contribution in [2.75, 3.05) is 26.3 Å². The summed E-state index contributed by atoms with van der Waals surface area (Å²) < 4.78 is 10.9. The van der Waals surface area contributed by atoms with Gasteiger partial charge in [0, 0.05) is 29.8 Å². The molecule has 25 heavy (non-hydrogen) atoms. The maximum absolute atomic E-state index is 12.4. The van der Waals surface area contributed by atoms with Gasteiger partial charge in [-0.1, -0.05) is 23.2 Å². The zero-order chi connectivity index (χ0) is 17.8. The van der Waals surface area contributed by atoms with Crippen molar-refractivity contribution in [3.63, 3.8) is 0 Å². The van der Waals surface area contributed by atoms with Gasteiger partial charge in [0.2, 0.25) is 0 Å². The van der Waals surface area contributed by atoms with Crippen LogP contribution in [0.2, 0.25) is 10.0 Å². The van der Waals surface area contributed by atoms with Gasteiger partial charge in [0.1, 0.15) is 23.2 Å². The first-order chi connectivity index (χ1) is 12.1. The van der Waals surface area contributed by atoms with E-state index in [1.165, 1.54) is 6.08 Å². The highest BCUT2D eigenvalue weighted by molar-refractivity contribution is 6.35. The van der Waals surface area contributed by atoms with Crippen molar-refractivity contribution in [3.05, 3.63) is 51.7 Å². The van der Waals surface area contributed by atoms with Gasteiger partial charge in [-0.2, -0.15) is 5.26 Å².